The third kappa shape index (κ3) is 4.15. The maximum atomic E-state index is 12.4. The van der Waals surface area contributed by atoms with E-state index in [-0.39, 0.29) is 22.8 Å². The van der Waals surface area contributed by atoms with Gasteiger partial charge in [0, 0.05) is 29.3 Å². The molecule has 7 nitrogen and oxygen atoms in total. The van der Waals surface area contributed by atoms with Gasteiger partial charge >= 0.3 is 0 Å². The number of benzene rings is 3. The van der Waals surface area contributed by atoms with Crippen molar-refractivity contribution in [3.8, 4) is 23.0 Å². The molecule has 3 aromatic carbocycles. The van der Waals surface area contributed by atoms with Crippen molar-refractivity contribution in [2.24, 2.45) is 10.8 Å². The first-order chi connectivity index (χ1) is 17.5. The van der Waals surface area contributed by atoms with Crippen molar-refractivity contribution >= 4 is 28.8 Å². The molecule has 0 bridgehead atoms. The van der Waals surface area contributed by atoms with Gasteiger partial charge in [-0.3, -0.25) is 9.80 Å². The number of nitrogens with zero attached hydrogens (tertiary/aromatic N) is 5. The Kier molecular flexibility index (Phi) is 6.11. The van der Waals surface area contributed by atoms with E-state index in [4.69, 9.17) is 22.4 Å². The number of carbonyl (C=O) groups excluding carboxylic acids is 1. The van der Waals surface area contributed by atoms with Crippen LogP contribution in [0.2, 0.25) is 5.02 Å². The van der Waals surface area contributed by atoms with Crippen molar-refractivity contribution in [2.75, 3.05) is 5.01 Å². The molecule has 1 aromatic heterocycles. The van der Waals surface area contributed by atoms with Crippen molar-refractivity contribution in [3.05, 3.63) is 113 Å². The van der Waals surface area contributed by atoms with E-state index in [1.807, 2.05) is 79.0 Å². The molecule has 0 saturated carbocycles. The highest BCUT2D eigenvalue weighted by atomic mass is 35.5. The monoisotopic (exact) mass is 492 g/mol. The van der Waals surface area contributed by atoms with Crippen LogP contribution in [0.5, 0.6) is 0 Å². The predicted molar refractivity (Wildman–Crippen MR) is 141 cm³/mol. The van der Waals surface area contributed by atoms with Crippen LogP contribution in [0.25, 0.3) is 16.9 Å². The molecule has 1 atom stereocenters. The summed E-state index contributed by atoms with van der Waals surface area (Å²) in [5.41, 5.74) is 10.4. The lowest BCUT2D eigenvalue weighted by Crippen LogP contribution is -2.37. The van der Waals surface area contributed by atoms with E-state index >= 15 is 0 Å². The summed E-state index contributed by atoms with van der Waals surface area (Å²) in [7, 11) is 0. The Labute approximate surface area is 213 Å². The highest BCUT2D eigenvalue weighted by Gasteiger charge is 2.37. The molecule has 1 aliphatic heterocycles. The average molecular weight is 493 g/mol. The molecular formula is C28H21ClN6O. The third-order valence-corrected chi connectivity index (χ3v) is 6.17. The van der Waals surface area contributed by atoms with E-state index in [1.165, 1.54) is 6.92 Å². The quantitative estimate of drug-likeness (QED) is 0.400. The molecule has 1 unspecified atom stereocenters. The molecule has 2 heterocycles. The first-order valence-corrected chi connectivity index (χ1v) is 11.6. The number of nitrogens with two attached hydrogens (primary N) is 1. The van der Waals surface area contributed by atoms with Crippen LogP contribution in [0.15, 0.2) is 107 Å². The highest BCUT2D eigenvalue weighted by Crippen LogP contribution is 2.41. The maximum Gasteiger partial charge on any atom is 0.182 e. The van der Waals surface area contributed by atoms with E-state index in [9.17, 15) is 10.1 Å². The number of hydrazone groups is 1. The second-order valence-electron chi connectivity index (χ2n) is 8.25. The fourth-order valence-corrected chi connectivity index (χ4v) is 4.33. The summed E-state index contributed by atoms with van der Waals surface area (Å²) in [6.45, 7) is 1.39. The van der Waals surface area contributed by atoms with Gasteiger partial charge in [0.2, 0.25) is 0 Å². The Morgan fingerprint density at radius 2 is 1.58 bits per heavy atom. The van der Waals surface area contributed by atoms with Gasteiger partial charge in [-0.15, -0.1) is 0 Å². The molecule has 1 aliphatic rings. The average Bonchev–Trinajstić information content (AvgIpc) is 3.34. The molecular weight excluding hydrogens is 472 g/mol. The van der Waals surface area contributed by atoms with Gasteiger partial charge in [0.05, 0.1) is 34.4 Å². The van der Waals surface area contributed by atoms with Crippen LogP contribution >= 0.6 is 11.6 Å². The van der Waals surface area contributed by atoms with E-state index in [2.05, 4.69) is 11.2 Å². The van der Waals surface area contributed by atoms with Gasteiger partial charge in [0.1, 0.15) is 6.04 Å². The van der Waals surface area contributed by atoms with Crippen LogP contribution in [0.3, 0.4) is 0 Å². The van der Waals surface area contributed by atoms with Gasteiger partial charge in [0.25, 0.3) is 0 Å². The number of Topliss-reactive ketones (excluding diaryl/α,β-unsaturated/α-hetero) is 1. The van der Waals surface area contributed by atoms with Gasteiger partial charge in [-0.1, -0.05) is 60.1 Å². The zero-order valence-corrected chi connectivity index (χ0v) is 20.1. The molecule has 0 aliphatic carbocycles. The molecule has 8 heteroatoms. The zero-order chi connectivity index (χ0) is 25.2. The number of hydrogen-bond acceptors (Lipinski definition) is 6. The Bertz CT molecular complexity index is 1530. The van der Waals surface area contributed by atoms with Gasteiger partial charge in [-0.2, -0.15) is 15.5 Å². The number of aromatic nitrogens is 2. The fraction of sp³-hybridized carbons (Fsp3) is 0.0714. The number of nitriles is 1. The number of allylic oxidation sites excluding steroid dienone is 1. The summed E-state index contributed by atoms with van der Waals surface area (Å²) in [5.74, 6) is -0.322. The Hall–Kier alpha value is -4.67. The Morgan fingerprint density at radius 3 is 2.17 bits per heavy atom. The van der Waals surface area contributed by atoms with Crippen molar-refractivity contribution in [3.63, 3.8) is 0 Å². The van der Waals surface area contributed by atoms with Crippen molar-refractivity contribution < 1.29 is 4.79 Å². The first-order valence-electron chi connectivity index (χ1n) is 11.2. The van der Waals surface area contributed by atoms with Crippen molar-refractivity contribution in [1.29, 1.82) is 5.26 Å². The molecule has 0 radical (unpaired) electrons. The van der Waals surface area contributed by atoms with E-state index in [1.54, 1.807) is 21.8 Å². The first kappa shape index (κ1) is 23.1. The molecule has 0 amide bonds. The molecule has 2 N–H and O–H groups in total. The topological polar surface area (TPSA) is 100 Å². The normalized spacial score (nSPS) is 15.4. The second kappa shape index (κ2) is 9.53. The minimum absolute atomic E-state index is 0.0511. The smallest absolute Gasteiger partial charge is 0.182 e. The summed E-state index contributed by atoms with van der Waals surface area (Å²) in [5, 5.41) is 22.0. The summed E-state index contributed by atoms with van der Waals surface area (Å²) in [6, 6.07) is 27.9. The fourth-order valence-electron chi connectivity index (χ4n) is 4.21. The number of hydrogen-bond donors (Lipinski definition) is 1. The van der Waals surface area contributed by atoms with Crippen LogP contribution in [-0.2, 0) is 4.79 Å². The van der Waals surface area contributed by atoms with Crippen LogP contribution in [-0.4, -0.2) is 21.3 Å². The van der Waals surface area contributed by atoms with Gasteiger partial charge in [0.15, 0.2) is 11.5 Å². The number of carbonyl (C=O) groups is 1. The number of anilines is 1. The summed E-state index contributed by atoms with van der Waals surface area (Å²) >= 11 is 6.15. The van der Waals surface area contributed by atoms with E-state index in [0.29, 0.717) is 22.0 Å². The molecule has 176 valence electrons. The van der Waals surface area contributed by atoms with Crippen LogP contribution < -0.4 is 10.7 Å². The molecule has 36 heavy (non-hydrogen) atoms. The molecule has 4 aromatic rings. The number of halogens is 1. The number of rotatable bonds is 5. The van der Waals surface area contributed by atoms with Gasteiger partial charge < -0.3 is 5.73 Å². The number of para-hydroxylation sites is 2. The van der Waals surface area contributed by atoms with Crippen molar-refractivity contribution in [1.82, 2.24) is 9.78 Å². The molecule has 0 spiro atoms. The molecule has 0 fully saturated rings. The minimum Gasteiger partial charge on any atom is -0.396 e. The Morgan fingerprint density at radius 1 is 0.972 bits per heavy atom. The lowest BCUT2D eigenvalue weighted by Gasteiger charge is -2.33. The molecule has 0 saturated heterocycles. The van der Waals surface area contributed by atoms with Gasteiger partial charge in [-0.05, 0) is 36.4 Å². The largest absolute Gasteiger partial charge is 0.396 e. The standard InChI is InChI=1S/C28H21ClN6O/c1-18(36)26-25(31)23(16-30)28(35(33-26)22-10-6-3-7-11-22)24-17-34(21-8-4-2-5-9-21)32-27(24)19-12-14-20(29)15-13-19/h2-15,17,28H,31H2,1H3. The lowest BCUT2D eigenvalue weighted by molar-refractivity contribution is -0.111. The second-order valence-corrected chi connectivity index (χ2v) is 8.68. The SMILES string of the molecule is CC(=O)C1=NN(c2ccccc2)C(c2cn(-c3ccccc3)nc2-c2ccc(Cl)cc2)C(C#N)=C1N. The van der Waals surface area contributed by atoms with Crippen LogP contribution in [0.1, 0.15) is 18.5 Å². The highest BCUT2D eigenvalue weighted by molar-refractivity contribution is 6.45. The van der Waals surface area contributed by atoms with E-state index < -0.39 is 6.04 Å². The summed E-state index contributed by atoms with van der Waals surface area (Å²) < 4.78 is 1.76. The number of ketones is 1. The maximum absolute atomic E-state index is 12.4. The minimum atomic E-state index is -0.719. The molecule has 5 rings (SSSR count). The predicted octanol–water partition coefficient (Wildman–Crippen LogP) is 5.44. The van der Waals surface area contributed by atoms with Crippen LogP contribution in [0.4, 0.5) is 5.69 Å². The summed E-state index contributed by atoms with van der Waals surface area (Å²) in [6.07, 6.45) is 1.87. The van der Waals surface area contributed by atoms with Crippen molar-refractivity contribution in [2.45, 2.75) is 13.0 Å². The van der Waals surface area contributed by atoms with Crippen LogP contribution in [0, 0.1) is 11.3 Å². The lowest BCUT2D eigenvalue weighted by atomic mass is 9.92. The van der Waals surface area contributed by atoms with E-state index in [0.717, 1.165) is 11.3 Å². The van der Waals surface area contributed by atoms with Gasteiger partial charge in [-0.25, -0.2) is 4.68 Å². The zero-order valence-electron chi connectivity index (χ0n) is 19.3. The Balaban J connectivity index is 1.78. The third-order valence-electron chi connectivity index (χ3n) is 5.92. The summed E-state index contributed by atoms with van der Waals surface area (Å²) in [4.78, 5) is 12.4.